The number of methoxy groups -OCH3 is 1. The van der Waals surface area contributed by atoms with Crippen LogP contribution in [0.25, 0.3) is 0 Å². The van der Waals surface area contributed by atoms with Gasteiger partial charge in [-0.05, 0) is 113 Å². The highest BCUT2D eigenvalue weighted by molar-refractivity contribution is 5.77. The predicted octanol–water partition coefficient (Wildman–Crippen LogP) is 5.58. The number of carboxylic acid groups (broad SMARTS) is 1. The highest BCUT2D eigenvalue weighted by Crippen LogP contribution is 2.32. The molecule has 4 saturated carbocycles. The van der Waals surface area contributed by atoms with E-state index in [4.69, 9.17) is 29.9 Å². The summed E-state index contributed by atoms with van der Waals surface area (Å²) in [7, 11) is 1.32. The minimum absolute atomic E-state index is 0.0104. The summed E-state index contributed by atoms with van der Waals surface area (Å²) < 4.78 is 15.1. The maximum Gasteiger partial charge on any atom is 0.306 e. The number of ether oxygens (including phenoxy) is 3. The molecule has 0 radical (unpaired) electrons. The van der Waals surface area contributed by atoms with E-state index in [0.717, 1.165) is 50.4 Å². The van der Waals surface area contributed by atoms with Gasteiger partial charge in [0.05, 0.1) is 57.2 Å². The van der Waals surface area contributed by atoms with Gasteiger partial charge < -0.3 is 39.7 Å². The Bertz CT molecular complexity index is 926. The fraction of sp³-hybridized carbons (Fsp3) is 0.897. The van der Waals surface area contributed by atoms with Gasteiger partial charge in [0.15, 0.2) is 0 Å². The van der Waals surface area contributed by atoms with Crippen LogP contribution in [-0.2, 0) is 33.4 Å². The Kier molecular flexibility index (Phi) is 22.8. The Balaban J connectivity index is 0.000000353. The van der Waals surface area contributed by atoms with Gasteiger partial charge in [-0.3, -0.25) is 19.2 Å². The van der Waals surface area contributed by atoms with Gasteiger partial charge in [0.2, 0.25) is 0 Å². The van der Waals surface area contributed by atoms with Gasteiger partial charge in [-0.2, -0.15) is 0 Å². The monoisotopic (exact) mass is 730 g/mol. The van der Waals surface area contributed by atoms with Crippen molar-refractivity contribution in [2.24, 2.45) is 35.5 Å². The molecule has 51 heavy (non-hydrogen) atoms. The number of carbonyl (C=O) groups excluding carboxylic acids is 3. The molecule has 0 bridgehead atoms. The van der Waals surface area contributed by atoms with Crippen molar-refractivity contribution >= 4 is 23.9 Å². The van der Waals surface area contributed by atoms with Crippen LogP contribution in [0.5, 0.6) is 0 Å². The standard InChI is InChI=1S/C13H22O4.C12H20O4.C8H16O.C6H12O3/c1-9-6-10(2)8-11(7-9)17-13(15)5-4-12(14)16-3;1-8-5-9(2)7-10(6-8)16-12(15)4-3-11(13)14;1-6-3-7(2)5-8(9)4-6;7-4-1-5(8)3-6(9)2-4/h9-11H,4-8H2,1-3H3;8-10H,3-7H2,1-2H3,(H,13,14);6-9H,3-5H2,1-2H3;4-9H,1-3H2/t9-,10+,11?;8-,9+,10?;6-,7+,8?;. The number of aliphatic hydroxyl groups is 4. The third-order valence-electron chi connectivity index (χ3n) is 9.96. The van der Waals surface area contributed by atoms with E-state index < -0.39 is 24.3 Å². The van der Waals surface area contributed by atoms with Crippen molar-refractivity contribution in [2.45, 2.75) is 181 Å². The number of aliphatic carboxylic acids is 1. The minimum atomic E-state index is -0.956. The molecule has 3 unspecified atom stereocenters. The molecule has 12 heteroatoms. The van der Waals surface area contributed by atoms with E-state index in [-0.39, 0.29) is 61.9 Å². The SMILES string of the molecule is COC(=O)CCC(=O)OC1C[C@@H](C)C[C@@H](C)C1.C[C@@H]1CC(O)C[C@H](C)C1.C[C@@H]1CC(OC(=O)CCC(=O)O)C[C@H](C)C1.OC1CC(O)CC(O)C1. The summed E-state index contributed by atoms with van der Waals surface area (Å²) >= 11 is 0. The average molecular weight is 731 g/mol. The first-order chi connectivity index (χ1) is 23.8. The number of carbonyl (C=O) groups is 4. The maximum atomic E-state index is 11.5. The zero-order valence-corrected chi connectivity index (χ0v) is 32.3. The highest BCUT2D eigenvalue weighted by atomic mass is 16.5. The number of hydrogen-bond acceptors (Lipinski definition) is 11. The Morgan fingerprint density at radius 3 is 1.00 bits per heavy atom. The molecular formula is C39H70O12. The number of esters is 3. The molecule has 12 nitrogen and oxygen atoms in total. The van der Waals surface area contributed by atoms with Crippen LogP contribution in [0.15, 0.2) is 0 Å². The summed E-state index contributed by atoms with van der Waals surface area (Å²) in [5, 5.41) is 44.5. The molecule has 4 aliphatic carbocycles. The van der Waals surface area contributed by atoms with Crippen LogP contribution in [0.3, 0.4) is 0 Å². The summed E-state index contributed by atoms with van der Waals surface area (Å²) in [6, 6.07) is 0. The normalized spacial score (nSPS) is 34.7. The van der Waals surface area contributed by atoms with Crippen molar-refractivity contribution < 1.29 is 58.9 Å². The average Bonchev–Trinajstić information content (AvgIpc) is 2.97. The van der Waals surface area contributed by atoms with Gasteiger partial charge in [0.25, 0.3) is 0 Å². The fourth-order valence-electron chi connectivity index (χ4n) is 8.08. The lowest BCUT2D eigenvalue weighted by molar-refractivity contribution is -0.155. The smallest absolute Gasteiger partial charge is 0.306 e. The van der Waals surface area contributed by atoms with Crippen LogP contribution in [0, 0.1) is 35.5 Å². The van der Waals surface area contributed by atoms with Crippen molar-refractivity contribution in [3.8, 4) is 0 Å². The molecule has 0 aromatic heterocycles. The van der Waals surface area contributed by atoms with Crippen LogP contribution >= 0.6 is 0 Å². The maximum absolute atomic E-state index is 11.5. The van der Waals surface area contributed by atoms with E-state index in [1.54, 1.807) is 0 Å². The fourth-order valence-corrected chi connectivity index (χ4v) is 8.08. The predicted molar refractivity (Wildman–Crippen MR) is 192 cm³/mol. The van der Waals surface area contributed by atoms with Gasteiger partial charge in [0.1, 0.15) is 12.2 Å². The van der Waals surface area contributed by atoms with Crippen LogP contribution in [0.2, 0.25) is 0 Å². The molecule has 0 aromatic rings. The van der Waals surface area contributed by atoms with Crippen LogP contribution in [0.1, 0.15) is 144 Å². The Hall–Kier alpha value is -2.28. The van der Waals surface area contributed by atoms with Crippen LogP contribution in [-0.4, -0.2) is 93.1 Å². The Morgan fingerprint density at radius 1 is 0.431 bits per heavy atom. The summed E-state index contributed by atoms with van der Waals surface area (Å²) in [6.45, 7) is 13.1. The lowest BCUT2D eigenvalue weighted by atomic mass is 9.82. The van der Waals surface area contributed by atoms with Gasteiger partial charge >= 0.3 is 23.9 Å². The van der Waals surface area contributed by atoms with Gasteiger partial charge in [-0.1, -0.05) is 41.5 Å². The number of carboxylic acids is 1. The van der Waals surface area contributed by atoms with Crippen molar-refractivity contribution in [3.63, 3.8) is 0 Å². The molecule has 0 aromatic carbocycles. The lowest BCUT2D eigenvalue weighted by Gasteiger charge is -2.31. The van der Waals surface area contributed by atoms with Gasteiger partial charge in [-0.15, -0.1) is 0 Å². The molecule has 4 rings (SSSR count). The lowest BCUT2D eigenvalue weighted by Crippen LogP contribution is -2.32. The van der Waals surface area contributed by atoms with E-state index in [1.165, 1.54) is 26.4 Å². The van der Waals surface area contributed by atoms with Crippen molar-refractivity contribution in [2.75, 3.05) is 7.11 Å². The molecule has 5 N–H and O–H groups in total. The van der Waals surface area contributed by atoms with E-state index >= 15 is 0 Å². The summed E-state index contributed by atoms with van der Waals surface area (Å²) in [5.41, 5.74) is 0. The molecule has 0 heterocycles. The van der Waals surface area contributed by atoms with Crippen molar-refractivity contribution in [1.82, 2.24) is 0 Å². The summed E-state index contributed by atoms with van der Waals surface area (Å²) in [5.74, 6) is 1.87. The third kappa shape index (κ3) is 23.1. The first-order valence-corrected chi connectivity index (χ1v) is 19.2. The minimum Gasteiger partial charge on any atom is -0.481 e. The second-order valence-corrected chi connectivity index (χ2v) is 16.3. The second kappa shape index (κ2) is 24.9. The van der Waals surface area contributed by atoms with Crippen LogP contribution < -0.4 is 0 Å². The third-order valence-corrected chi connectivity index (χ3v) is 9.96. The second-order valence-electron chi connectivity index (χ2n) is 16.3. The van der Waals surface area contributed by atoms with E-state index in [2.05, 4.69) is 46.3 Å². The molecule has 0 spiro atoms. The number of hydrogen-bond donors (Lipinski definition) is 5. The van der Waals surface area contributed by atoms with E-state index in [9.17, 15) is 24.3 Å². The van der Waals surface area contributed by atoms with Crippen molar-refractivity contribution in [1.29, 1.82) is 0 Å². The summed E-state index contributed by atoms with van der Waals surface area (Å²) in [4.78, 5) is 44.0. The molecule has 4 fully saturated rings. The molecule has 4 aliphatic rings. The molecule has 9 atom stereocenters. The number of aliphatic hydroxyl groups excluding tert-OH is 4. The first-order valence-electron chi connectivity index (χ1n) is 19.2. The first kappa shape index (κ1) is 46.7. The largest absolute Gasteiger partial charge is 0.481 e. The molecule has 298 valence electrons. The van der Waals surface area contributed by atoms with E-state index in [1.807, 2.05) is 0 Å². The summed E-state index contributed by atoms with van der Waals surface area (Å²) in [6.07, 6.45) is 9.19. The molecule has 0 saturated heterocycles. The van der Waals surface area contributed by atoms with Crippen molar-refractivity contribution in [3.05, 3.63) is 0 Å². The highest BCUT2D eigenvalue weighted by Gasteiger charge is 2.28. The van der Waals surface area contributed by atoms with Gasteiger partial charge in [-0.25, -0.2) is 0 Å². The molecule has 0 amide bonds. The topological polar surface area (TPSA) is 197 Å². The molecular weight excluding hydrogens is 660 g/mol. The zero-order valence-electron chi connectivity index (χ0n) is 32.3. The van der Waals surface area contributed by atoms with Crippen LogP contribution in [0.4, 0.5) is 0 Å². The van der Waals surface area contributed by atoms with Gasteiger partial charge in [0, 0.05) is 0 Å². The zero-order chi connectivity index (χ0) is 38.7. The quantitative estimate of drug-likeness (QED) is 0.154. The van der Waals surface area contributed by atoms with E-state index in [0.29, 0.717) is 42.9 Å². The number of rotatable bonds is 8. The molecule has 0 aliphatic heterocycles. The Labute approximate surface area is 306 Å². The Morgan fingerprint density at radius 2 is 0.706 bits per heavy atom.